The molecule has 2 aromatic rings. The molecule has 3 rings (SSSR count). The second kappa shape index (κ2) is 9.85. The summed E-state index contributed by atoms with van der Waals surface area (Å²) in [6, 6.07) is 14.9. The summed E-state index contributed by atoms with van der Waals surface area (Å²) in [4.78, 5) is 28.0. The number of anilines is 1. The van der Waals surface area contributed by atoms with Crippen LogP contribution in [0.3, 0.4) is 0 Å². The number of para-hydroxylation sites is 2. The molecule has 1 aliphatic rings. The molecule has 1 N–H and O–H groups in total. The number of carbonyl (C=O) groups is 2. The molecular formula is C21H23ClN2O3S. The molecule has 0 aromatic heterocycles. The predicted octanol–water partition coefficient (Wildman–Crippen LogP) is 4.14. The van der Waals surface area contributed by atoms with Crippen molar-refractivity contribution >= 4 is 40.9 Å². The number of amides is 2. The molecule has 0 radical (unpaired) electrons. The Kier molecular flexibility index (Phi) is 7.23. The Balaban J connectivity index is 1.65. The van der Waals surface area contributed by atoms with E-state index in [1.165, 1.54) is 0 Å². The first-order chi connectivity index (χ1) is 13.6. The number of nitrogens with zero attached hydrogens (tertiary/aromatic N) is 1. The molecule has 148 valence electrons. The van der Waals surface area contributed by atoms with E-state index in [1.807, 2.05) is 49.4 Å². The van der Waals surface area contributed by atoms with Crippen molar-refractivity contribution < 1.29 is 14.3 Å². The Morgan fingerprint density at radius 3 is 2.71 bits per heavy atom. The summed E-state index contributed by atoms with van der Waals surface area (Å²) < 4.78 is 5.83. The first-order valence-corrected chi connectivity index (χ1v) is 10.7. The highest BCUT2D eigenvalue weighted by molar-refractivity contribution is 7.99. The fourth-order valence-electron chi connectivity index (χ4n) is 2.89. The zero-order chi connectivity index (χ0) is 19.9. The second-order valence-corrected chi connectivity index (χ2v) is 8.03. The van der Waals surface area contributed by atoms with Crippen LogP contribution in [0, 0.1) is 0 Å². The van der Waals surface area contributed by atoms with Gasteiger partial charge in [0.05, 0.1) is 12.2 Å². The van der Waals surface area contributed by atoms with E-state index in [4.69, 9.17) is 16.3 Å². The lowest BCUT2D eigenvalue weighted by molar-refractivity contribution is -0.128. The third-order valence-electron chi connectivity index (χ3n) is 4.31. The second-order valence-electron chi connectivity index (χ2n) is 6.42. The Bertz CT molecular complexity index is 829. The van der Waals surface area contributed by atoms with Gasteiger partial charge in [-0.3, -0.25) is 9.59 Å². The predicted molar refractivity (Wildman–Crippen MR) is 113 cm³/mol. The highest BCUT2D eigenvalue weighted by Crippen LogP contribution is 2.34. The van der Waals surface area contributed by atoms with Gasteiger partial charge in [-0.05, 0) is 42.8 Å². The first-order valence-electron chi connectivity index (χ1n) is 9.30. The number of hydrogen-bond donors (Lipinski definition) is 1. The van der Waals surface area contributed by atoms with Crippen molar-refractivity contribution in [2.75, 3.05) is 23.7 Å². The van der Waals surface area contributed by atoms with Gasteiger partial charge in [0.15, 0.2) is 6.10 Å². The highest BCUT2D eigenvalue weighted by Gasteiger charge is 2.33. The van der Waals surface area contributed by atoms with Crippen LogP contribution >= 0.6 is 23.4 Å². The van der Waals surface area contributed by atoms with Gasteiger partial charge in [-0.25, -0.2) is 0 Å². The van der Waals surface area contributed by atoms with Crippen LogP contribution < -0.4 is 15.0 Å². The van der Waals surface area contributed by atoms with Crippen molar-refractivity contribution in [3.8, 4) is 5.75 Å². The molecule has 0 saturated carbocycles. The number of benzene rings is 2. The summed E-state index contributed by atoms with van der Waals surface area (Å²) in [6.07, 6.45) is 0.513. The molecule has 2 aromatic carbocycles. The fraction of sp³-hybridized carbons (Fsp3) is 0.333. The van der Waals surface area contributed by atoms with Crippen molar-refractivity contribution in [2.45, 2.75) is 30.8 Å². The quantitative estimate of drug-likeness (QED) is 0.686. The average molecular weight is 419 g/mol. The average Bonchev–Trinajstić information content (AvgIpc) is 2.72. The number of fused-ring (bicyclic) bond motifs is 1. The SMILES string of the molecule is CCCNC(=O)[C@H]1CN(C(=O)CCSc2ccc(Cl)cc2)c2ccccc2O1. The minimum Gasteiger partial charge on any atom is -0.477 e. The molecule has 1 aliphatic heterocycles. The molecule has 1 heterocycles. The molecular weight excluding hydrogens is 396 g/mol. The lowest BCUT2D eigenvalue weighted by Gasteiger charge is -2.34. The summed E-state index contributed by atoms with van der Waals surface area (Å²) in [5.74, 6) is 0.992. The van der Waals surface area contributed by atoms with E-state index in [-0.39, 0.29) is 18.4 Å². The topological polar surface area (TPSA) is 58.6 Å². The number of ether oxygens (including phenoxy) is 1. The highest BCUT2D eigenvalue weighted by atomic mass is 35.5. The van der Waals surface area contributed by atoms with Gasteiger partial charge in [-0.1, -0.05) is 30.7 Å². The molecule has 0 aliphatic carbocycles. The molecule has 1 atom stereocenters. The Labute approximate surface area is 174 Å². The van der Waals surface area contributed by atoms with Crippen LogP contribution in [0.2, 0.25) is 5.02 Å². The molecule has 0 spiro atoms. The number of thioether (sulfide) groups is 1. The number of halogens is 1. The van der Waals surface area contributed by atoms with E-state index in [1.54, 1.807) is 22.7 Å². The van der Waals surface area contributed by atoms with Crippen LogP contribution in [0.5, 0.6) is 5.75 Å². The van der Waals surface area contributed by atoms with Crippen molar-refractivity contribution in [1.29, 1.82) is 0 Å². The van der Waals surface area contributed by atoms with Gasteiger partial charge >= 0.3 is 0 Å². The van der Waals surface area contributed by atoms with E-state index < -0.39 is 6.10 Å². The molecule has 7 heteroatoms. The van der Waals surface area contributed by atoms with Crippen LogP contribution in [0.25, 0.3) is 0 Å². The van der Waals surface area contributed by atoms with E-state index in [2.05, 4.69) is 5.32 Å². The van der Waals surface area contributed by atoms with Crippen LogP contribution in [0.4, 0.5) is 5.69 Å². The Hall–Kier alpha value is -2.18. The molecule has 5 nitrogen and oxygen atoms in total. The number of nitrogens with one attached hydrogen (secondary N) is 1. The zero-order valence-corrected chi connectivity index (χ0v) is 17.3. The zero-order valence-electron chi connectivity index (χ0n) is 15.7. The van der Waals surface area contributed by atoms with Crippen LogP contribution in [-0.4, -0.2) is 36.8 Å². The molecule has 0 saturated heterocycles. The molecule has 2 amide bonds. The summed E-state index contributed by atoms with van der Waals surface area (Å²) in [7, 11) is 0. The van der Waals surface area contributed by atoms with Crippen molar-refractivity contribution in [3.05, 3.63) is 53.6 Å². The Morgan fingerprint density at radius 2 is 1.96 bits per heavy atom. The number of hydrogen-bond acceptors (Lipinski definition) is 4. The molecule has 0 bridgehead atoms. The van der Waals surface area contributed by atoms with Gasteiger partial charge in [-0.2, -0.15) is 0 Å². The lowest BCUT2D eigenvalue weighted by atomic mass is 10.1. The summed E-state index contributed by atoms with van der Waals surface area (Å²) in [5.41, 5.74) is 0.712. The van der Waals surface area contributed by atoms with Crippen LogP contribution in [-0.2, 0) is 9.59 Å². The summed E-state index contributed by atoms with van der Waals surface area (Å²) >= 11 is 7.51. The van der Waals surface area contributed by atoms with Crippen molar-refractivity contribution in [2.24, 2.45) is 0 Å². The first kappa shape index (κ1) is 20.6. The molecule has 0 fully saturated rings. The summed E-state index contributed by atoms with van der Waals surface area (Å²) in [5, 5.41) is 3.54. The maximum Gasteiger partial charge on any atom is 0.262 e. The fourth-order valence-corrected chi connectivity index (χ4v) is 3.86. The largest absolute Gasteiger partial charge is 0.477 e. The number of rotatable bonds is 7. The number of carbonyl (C=O) groups excluding carboxylic acids is 2. The van der Waals surface area contributed by atoms with Gasteiger partial charge in [-0.15, -0.1) is 11.8 Å². The van der Waals surface area contributed by atoms with Gasteiger partial charge in [0.25, 0.3) is 5.91 Å². The van der Waals surface area contributed by atoms with Gasteiger partial charge in [0, 0.05) is 28.6 Å². The van der Waals surface area contributed by atoms with Crippen LogP contribution in [0.15, 0.2) is 53.4 Å². The van der Waals surface area contributed by atoms with E-state index in [9.17, 15) is 9.59 Å². The Morgan fingerprint density at radius 1 is 1.21 bits per heavy atom. The normalized spacial score (nSPS) is 15.5. The maximum absolute atomic E-state index is 12.9. The standard InChI is InChI=1S/C21H23ClN2O3S/c1-2-12-23-21(26)19-14-24(17-5-3-4-6-18(17)27-19)20(25)11-13-28-16-9-7-15(22)8-10-16/h3-10,19H,2,11-14H2,1H3,(H,23,26)/t19-/m1/s1. The van der Waals surface area contributed by atoms with Crippen molar-refractivity contribution in [3.63, 3.8) is 0 Å². The molecule has 0 unspecified atom stereocenters. The molecule has 28 heavy (non-hydrogen) atoms. The van der Waals surface area contributed by atoms with Crippen LogP contribution in [0.1, 0.15) is 19.8 Å². The van der Waals surface area contributed by atoms with E-state index >= 15 is 0 Å². The van der Waals surface area contributed by atoms with Gasteiger partial charge < -0.3 is 15.0 Å². The lowest BCUT2D eigenvalue weighted by Crippen LogP contribution is -2.51. The van der Waals surface area contributed by atoms with Crippen molar-refractivity contribution in [1.82, 2.24) is 5.32 Å². The van der Waals surface area contributed by atoms with E-state index in [0.29, 0.717) is 35.2 Å². The third kappa shape index (κ3) is 5.20. The van der Waals surface area contributed by atoms with Gasteiger partial charge in [0.2, 0.25) is 5.91 Å². The third-order valence-corrected chi connectivity index (χ3v) is 5.58. The minimum atomic E-state index is -0.700. The smallest absolute Gasteiger partial charge is 0.262 e. The van der Waals surface area contributed by atoms with Gasteiger partial charge in [0.1, 0.15) is 5.75 Å². The monoisotopic (exact) mass is 418 g/mol. The minimum absolute atomic E-state index is 0.0227. The summed E-state index contributed by atoms with van der Waals surface area (Å²) in [6.45, 7) is 2.80. The maximum atomic E-state index is 12.9. The van der Waals surface area contributed by atoms with E-state index in [0.717, 1.165) is 11.3 Å².